The van der Waals surface area contributed by atoms with Gasteiger partial charge in [0, 0.05) is 30.2 Å². The van der Waals surface area contributed by atoms with Crippen LogP contribution in [0.5, 0.6) is 0 Å². The standard InChI is InChI=1S/C15H20BrN3/c1-3-17-10-14(8-12-9-18-19(2)11-12)13-4-6-15(16)7-5-13/h4-7,9,11,14,17H,3,8,10H2,1-2H3. The number of benzene rings is 1. The van der Waals surface area contributed by atoms with E-state index in [0.29, 0.717) is 5.92 Å². The summed E-state index contributed by atoms with van der Waals surface area (Å²) < 4.78 is 2.99. The van der Waals surface area contributed by atoms with Crippen LogP contribution in [0, 0.1) is 0 Å². The first-order chi connectivity index (χ1) is 9.19. The third kappa shape index (κ3) is 4.18. The average Bonchev–Trinajstić information content (AvgIpc) is 2.81. The quantitative estimate of drug-likeness (QED) is 0.886. The molecule has 0 amide bonds. The van der Waals surface area contributed by atoms with Crippen molar-refractivity contribution in [2.75, 3.05) is 13.1 Å². The average molecular weight is 322 g/mol. The topological polar surface area (TPSA) is 29.9 Å². The predicted molar refractivity (Wildman–Crippen MR) is 82.3 cm³/mol. The van der Waals surface area contributed by atoms with Gasteiger partial charge in [-0.15, -0.1) is 0 Å². The lowest BCUT2D eigenvalue weighted by Gasteiger charge is -2.17. The fraction of sp³-hybridized carbons (Fsp3) is 0.400. The van der Waals surface area contributed by atoms with E-state index in [4.69, 9.17) is 0 Å². The van der Waals surface area contributed by atoms with E-state index in [-0.39, 0.29) is 0 Å². The van der Waals surface area contributed by atoms with Gasteiger partial charge in [0.15, 0.2) is 0 Å². The van der Waals surface area contributed by atoms with Gasteiger partial charge in [-0.1, -0.05) is 35.0 Å². The van der Waals surface area contributed by atoms with E-state index in [1.165, 1.54) is 11.1 Å². The number of nitrogens with one attached hydrogen (secondary N) is 1. The van der Waals surface area contributed by atoms with Gasteiger partial charge in [-0.2, -0.15) is 5.10 Å². The summed E-state index contributed by atoms with van der Waals surface area (Å²) in [5.74, 6) is 0.484. The fourth-order valence-corrected chi connectivity index (χ4v) is 2.49. The van der Waals surface area contributed by atoms with Crippen LogP contribution in [0.25, 0.3) is 0 Å². The molecule has 1 unspecified atom stereocenters. The molecule has 0 aliphatic carbocycles. The summed E-state index contributed by atoms with van der Waals surface area (Å²) in [5, 5.41) is 7.70. The van der Waals surface area contributed by atoms with Gasteiger partial charge in [0.1, 0.15) is 0 Å². The monoisotopic (exact) mass is 321 g/mol. The Morgan fingerprint density at radius 1 is 1.32 bits per heavy atom. The molecule has 1 heterocycles. The molecule has 0 fully saturated rings. The van der Waals surface area contributed by atoms with E-state index in [0.717, 1.165) is 24.0 Å². The van der Waals surface area contributed by atoms with Gasteiger partial charge in [-0.05, 0) is 36.2 Å². The maximum Gasteiger partial charge on any atom is 0.0521 e. The van der Waals surface area contributed by atoms with Gasteiger partial charge in [-0.3, -0.25) is 4.68 Å². The summed E-state index contributed by atoms with van der Waals surface area (Å²) in [6, 6.07) is 8.61. The normalized spacial score (nSPS) is 12.6. The van der Waals surface area contributed by atoms with Crippen LogP contribution in [-0.4, -0.2) is 22.9 Å². The molecule has 0 spiro atoms. The van der Waals surface area contributed by atoms with Gasteiger partial charge in [0.25, 0.3) is 0 Å². The molecule has 0 saturated carbocycles. The van der Waals surface area contributed by atoms with E-state index >= 15 is 0 Å². The van der Waals surface area contributed by atoms with E-state index in [9.17, 15) is 0 Å². The number of hydrogen-bond donors (Lipinski definition) is 1. The van der Waals surface area contributed by atoms with E-state index < -0.39 is 0 Å². The second kappa shape index (κ2) is 6.87. The van der Waals surface area contributed by atoms with Crippen molar-refractivity contribution < 1.29 is 0 Å². The first-order valence-electron chi connectivity index (χ1n) is 6.62. The van der Waals surface area contributed by atoms with Gasteiger partial charge < -0.3 is 5.32 Å². The molecule has 2 aromatic rings. The van der Waals surface area contributed by atoms with Crippen molar-refractivity contribution in [1.82, 2.24) is 15.1 Å². The van der Waals surface area contributed by atoms with Crippen LogP contribution in [0.2, 0.25) is 0 Å². The highest BCUT2D eigenvalue weighted by atomic mass is 79.9. The molecule has 0 bridgehead atoms. The first kappa shape index (κ1) is 14.3. The molecule has 2 rings (SSSR count). The lowest BCUT2D eigenvalue weighted by molar-refractivity contribution is 0.594. The fourth-order valence-electron chi connectivity index (χ4n) is 2.22. The van der Waals surface area contributed by atoms with Crippen LogP contribution in [0.1, 0.15) is 24.0 Å². The molecule has 0 radical (unpaired) electrons. The summed E-state index contributed by atoms with van der Waals surface area (Å²) in [6.07, 6.45) is 5.07. The number of likely N-dealkylation sites (N-methyl/N-ethyl adjacent to an activating group) is 1. The number of nitrogens with zero attached hydrogens (tertiary/aromatic N) is 2. The molecule has 0 aliphatic heterocycles. The zero-order chi connectivity index (χ0) is 13.7. The van der Waals surface area contributed by atoms with Crippen LogP contribution in [0.4, 0.5) is 0 Å². The Kier molecular flexibility index (Phi) is 5.16. The summed E-state index contributed by atoms with van der Waals surface area (Å²) in [4.78, 5) is 0. The molecule has 3 nitrogen and oxygen atoms in total. The van der Waals surface area contributed by atoms with Gasteiger partial charge in [0.2, 0.25) is 0 Å². The van der Waals surface area contributed by atoms with Crippen LogP contribution >= 0.6 is 15.9 Å². The van der Waals surface area contributed by atoms with Crippen molar-refractivity contribution in [2.24, 2.45) is 7.05 Å². The molecule has 19 heavy (non-hydrogen) atoms. The van der Waals surface area contributed by atoms with Gasteiger partial charge in [0.05, 0.1) is 6.20 Å². The Balaban J connectivity index is 2.13. The molecule has 1 aromatic heterocycles. The highest BCUT2D eigenvalue weighted by Crippen LogP contribution is 2.22. The third-order valence-electron chi connectivity index (χ3n) is 3.22. The van der Waals surface area contributed by atoms with E-state index in [1.54, 1.807) is 0 Å². The first-order valence-corrected chi connectivity index (χ1v) is 7.42. The summed E-state index contributed by atoms with van der Waals surface area (Å²) in [7, 11) is 1.96. The molecule has 1 aromatic carbocycles. The van der Waals surface area contributed by atoms with Crippen molar-refractivity contribution in [3.63, 3.8) is 0 Å². The van der Waals surface area contributed by atoms with Crippen molar-refractivity contribution in [3.8, 4) is 0 Å². The minimum Gasteiger partial charge on any atom is -0.316 e. The van der Waals surface area contributed by atoms with Crippen LogP contribution < -0.4 is 5.32 Å². The summed E-state index contributed by atoms with van der Waals surface area (Å²) >= 11 is 3.49. The van der Waals surface area contributed by atoms with Crippen LogP contribution in [-0.2, 0) is 13.5 Å². The van der Waals surface area contributed by atoms with Crippen molar-refractivity contribution >= 4 is 15.9 Å². The lowest BCUT2D eigenvalue weighted by atomic mass is 9.93. The van der Waals surface area contributed by atoms with Gasteiger partial charge in [-0.25, -0.2) is 0 Å². The molecular formula is C15H20BrN3. The molecule has 0 saturated heterocycles. The van der Waals surface area contributed by atoms with Crippen molar-refractivity contribution in [1.29, 1.82) is 0 Å². The van der Waals surface area contributed by atoms with Crippen molar-refractivity contribution in [2.45, 2.75) is 19.3 Å². The second-order valence-electron chi connectivity index (χ2n) is 4.78. The van der Waals surface area contributed by atoms with E-state index in [1.807, 2.05) is 17.9 Å². The molecule has 4 heteroatoms. The Bertz CT molecular complexity index is 504. The number of aryl methyl sites for hydroxylation is 1. The molecule has 0 aliphatic rings. The highest BCUT2D eigenvalue weighted by molar-refractivity contribution is 9.10. The smallest absolute Gasteiger partial charge is 0.0521 e. The zero-order valence-corrected chi connectivity index (χ0v) is 13.0. The Labute approximate surface area is 123 Å². The van der Waals surface area contributed by atoms with E-state index in [2.05, 4.69) is 63.7 Å². The lowest BCUT2D eigenvalue weighted by Crippen LogP contribution is -2.22. The number of halogens is 1. The largest absolute Gasteiger partial charge is 0.316 e. The third-order valence-corrected chi connectivity index (χ3v) is 3.75. The van der Waals surface area contributed by atoms with Gasteiger partial charge >= 0.3 is 0 Å². The minimum absolute atomic E-state index is 0.484. The molecule has 1 N–H and O–H groups in total. The Morgan fingerprint density at radius 2 is 2.05 bits per heavy atom. The van der Waals surface area contributed by atoms with Crippen LogP contribution in [0.15, 0.2) is 41.1 Å². The second-order valence-corrected chi connectivity index (χ2v) is 5.70. The summed E-state index contributed by atoms with van der Waals surface area (Å²) in [5.41, 5.74) is 2.65. The maximum absolute atomic E-state index is 4.25. The highest BCUT2D eigenvalue weighted by Gasteiger charge is 2.13. The zero-order valence-electron chi connectivity index (χ0n) is 11.4. The van der Waals surface area contributed by atoms with Crippen LogP contribution in [0.3, 0.4) is 0 Å². The number of aromatic nitrogens is 2. The Hall–Kier alpha value is -1.13. The number of rotatable bonds is 6. The molecular weight excluding hydrogens is 302 g/mol. The molecule has 1 atom stereocenters. The van der Waals surface area contributed by atoms with Crippen molar-refractivity contribution in [3.05, 3.63) is 52.3 Å². The number of hydrogen-bond acceptors (Lipinski definition) is 2. The SMILES string of the molecule is CCNCC(Cc1cnn(C)c1)c1ccc(Br)cc1. The maximum atomic E-state index is 4.25. The predicted octanol–water partition coefficient (Wildman–Crippen LogP) is 3.12. The minimum atomic E-state index is 0.484. The molecule has 102 valence electrons. The summed E-state index contributed by atoms with van der Waals surface area (Å²) in [6.45, 7) is 4.13. The Morgan fingerprint density at radius 3 is 2.63 bits per heavy atom.